The molecule has 0 radical (unpaired) electrons. The summed E-state index contributed by atoms with van der Waals surface area (Å²) in [6, 6.07) is 26.5. The Labute approximate surface area is 204 Å². The standard InChI is InChI=1S/C28H25N7/c1-3-4-7-12-21(2)26-27(28(29)35(34-26)25-15-10-6-11-16-25)33-32-24-19-17-23(18-20-24)31-30-22-13-8-5-9-14-22/h3-20H,2,29H2,1H3. The van der Waals surface area contributed by atoms with Crippen LogP contribution in [0.4, 0.5) is 28.6 Å². The Bertz CT molecular complexity index is 1400. The van der Waals surface area contributed by atoms with Crippen LogP contribution < -0.4 is 5.73 Å². The lowest BCUT2D eigenvalue weighted by Gasteiger charge is -2.02. The van der Waals surface area contributed by atoms with E-state index < -0.39 is 0 Å². The molecule has 0 aliphatic heterocycles. The minimum absolute atomic E-state index is 0.379. The Balaban J connectivity index is 1.62. The zero-order valence-corrected chi connectivity index (χ0v) is 19.4. The maximum absolute atomic E-state index is 6.45. The van der Waals surface area contributed by atoms with Crippen molar-refractivity contribution in [1.82, 2.24) is 9.78 Å². The summed E-state index contributed by atoms with van der Waals surface area (Å²) in [5.41, 5.74) is 11.1. The lowest BCUT2D eigenvalue weighted by molar-refractivity contribution is 0.884. The summed E-state index contributed by atoms with van der Waals surface area (Å²) < 4.78 is 1.64. The van der Waals surface area contributed by atoms with Gasteiger partial charge < -0.3 is 5.73 Å². The molecule has 4 rings (SSSR count). The fraction of sp³-hybridized carbons (Fsp3) is 0.0357. The molecule has 35 heavy (non-hydrogen) atoms. The number of aromatic nitrogens is 2. The van der Waals surface area contributed by atoms with Crippen molar-refractivity contribution in [1.29, 1.82) is 0 Å². The zero-order valence-electron chi connectivity index (χ0n) is 19.4. The number of nitrogens with two attached hydrogens (primary N) is 1. The van der Waals surface area contributed by atoms with E-state index in [2.05, 4.69) is 32.1 Å². The number of hydrogen-bond acceptors (Lipinski definition) is 6. The smallest absolute Gasteiger partial charge is 0.156 e. The minimum atomic E-state index is 0.379. The Kier molecular flexibility index (Phi) is 7.50. The molecule has 172 valence electrons. The molecule has 0 atom stereocenters. The highest BCUT2D eigenvalue weighted by molar-refractivity contribution is 5.82. The van der Waals surface area contributed by atoms with Crippen molar-refractivity contribution in [3.05, 3.63) is 122 Å². The molecule has 7 nitrogen and oxygen atoms in total. The number of azo groups is 2. The van der Waals surface area contributed by atoms with Crippen molar-refractivity contribution in [3.8, 4) is 5.69 Å². The van der Waals surface area contributed by atoms with Crippen molar-refractivity contribution in [3.63, 3.8) is 0 Å². The molecule has 0 bridgehead atoms. The van der Waals surface area contributed by atoms with Crippen molar-refractivity contribution >= 4 is 34.1 Å². The van der Waals surface area contributed by atoms with Gasteiger partial charge in [-0.3, -0.25) is 0 Å². The molecule has 0 aliphatic carbocycles. The van der Waals surface area contributed by atoms with Crippen LogP contribution in [0.2, 0.25) is 0 Å². The predicted molar refractivity (Wildman–Crippen MR) is 142 cm³/mol. The third-order valence-electron chi connectivity index (χ3n) is 4.95. The van der Waals surface area contributed by atoms with Crippen LogP contribution in [0.5, 0.6) is 0 Å². The van der Waals surface area contributed by atoms with Crippen LogP contribution >= 0.6 is 0 Å². The summed E-state index contributed by atoms with van der Waals surface area (Å²) in [6.45, 7) is 6.09. The van der Waals surface area contributed by atoms with E-state index in [-0.39, 0.29) is 0 Å². The quantitative estimate of drug-likeness (QED) is 0.211. The highest BCUT2D eigenvalue weighted by Crippen LogP contribution is 2.35. The van der Waals surface area contributed by atoms with Gasteiger partial charge in [-0.2, -0.15) is 20.4 Å². The average Bonchev–Trinajstić information content (AvgIpc) is 3.24. The third kappa shape index (κ3) is 5.91. The molecule has 2 N–H and O–H groups in total. The van der Waals surface area contributed by atoms with Crippen LogP contribution in [0.3, 0.4) is 0 Å². The number of hydrogen-bond donors (Lipinski definition) is 1. The molecular weight excluding hydrogens is 434 g/mol. The van der Waals surface area contributed by atoms with E-state index in [0.717, 1.165) is 11.4 Å². The largest absolute Gasteiger partial charge is 0.382 e. The van der Waals surface area contributed by atoms with E-state index in [1.54, 1.807) is 4.68 Å². The Morgan fingerprint density at radius 1 is 0.771 bits per heavy atom. The van der Waals surface area contributed by atoms with E-state index >= 15 is 0 Å². The molecular formula is C28H25N7. The van der Waals surface area contributed by atoms with E-state index in [1.165, 1.54) is 0 Å². The molecule has 1 aromatic heterocycles. The van der Waals surface area contributed by atoms with Crippen LogP contribution in [-0.2, 0) is 0 Å². The Hall–Kier alpha value is -4.91. The molecule has 0 amide bonds. The van der Waals surface area contributed by atoms with Gasteiger partial charge in [-0.25, -0.2) is 4.68 Å². The van der Waals surface area contributed by atoms with E-state index in [0.29, 0.717) is 34.1 Å². The highest BCUT2D eigenvalue weighted by atomic mass is 15.3. The Morgan fingerprint density at radius 2 is 1.31 bits per heavy atom. The van der Waals surface area contributed by atoms with Gasteiger partial charge in [-0.1, -0.05) is 67.3 Å². The number of rotatable bonds is 8. The predicted octanol–water partition coefficient (Wildman–Crippen LogP) is 8.43. The summed E-state index contributed by atoms with van der Waals surface area (Å²) in [4.78, 5) is 0. The fourth-order valence-electron chi connectivity index (χ4n) is 3.17. The van der Waals surface area contributed by atoms with E-state index in [1.807, 2.05) is 116 Å². The molecule has 0 aliphatic rings. The molecule has 3 aromatic carbocycles. The fourth-order valence-corrected chi connectivity index (χ4v) is 3.17. The maximum Gasteiger partial charge on any atom is 0.156 e. The first-order chi connectivity index (χ1) is 17.2. The second kappa shape index (κ2) is 11.3. The number of anilines is 1. The van der Waals surface area contributed by atoms with Crippen LogP contribution in [0.15, 0.2) is 136 Å². The lowest BCUT2D eigenvalue weighted by Crippen LogP contribution is -2.01. The van der Waals surface area contributed by atoms with Gasteiger partial charge >= 0.3 is 0 Å². The average molecular weight is 460 g/mol. The first-order valence-electron chi connectivity index (χ1n) is 11.1. The van der Waals surface area contributed by atoms with Crippen LogP contribution in [0, 0.1) is 0 Å². The topological polar surface area (TPSA) is 93.3 Å². The minimum Gasteiger partial charge on any atom is -0.382 e. The van der Waals surface area contributed by atoms with Crippen molar-refractivity contribution < 1.29 is 0 Å². The number of nitrogen functional groups attached to an aromatic ring is 1. The first kappa shape index (κ1) is 23.3. The van der Waals surface area contributed by atoms with E-state index in [9.17, 15) is 0 Å². The molecule has 7 heteroatoms. The monoisotopic (exact) mass is 459 g/mol. The summed E-state index contributed by atoms with van der Waals surface area (Å²) in [6.07, 6.45) is 7.61. The Morgan fingerprint density at radius 3 is 1.91 bits per heavy atom. The van der Waals surface area contributed by atoms with Gasteiger partial charge in [0, 0.05) is 0 Å². The van der Waals surface area contributed by atoms with Gasteiger partial charge in [0.05, 0.1) is 22.7 Å². The van der Waals surface area contributed by atoms with Crippen LogP contribution in [0.25, 0.3) is 11.3 Å². The van der Waals surface area contributed by atoms with E-state index in [4.69, 9.17) is 5.73 Å². The molecule has 0 saturated heterocycles. The molecule has 1 heterocycles. The van der Waals surface area contributed by atoms with Gasteiger partial charge in [-0.05, 0) is 61.0 Å². The van der Waals surface area contributed by atoms with Crippen molar-refractivity contribution in [2.45, 2.75) is 6.92 Å². The molecule has 0 saturated carbocycles. The third-order valence-corrected chi connectivity index (χ3v) is 4.95. The summed E-state index contributed by atoms with van der Waals surface area (Å²) in [7, 11) is 0. The molecule has 0 spiro atoms. The zero-order chi connectivity index (χ0) is 24.5. The van der Waals surface area contributed by atoms with Gasteiger partial charge in [0.2, 0.25) is 0 Å². The molecule has 4 aromatic rings. The van der Waals surface area contributed by atoms with Gasteiger partial charge in [-0.15, -0.1) is 5.11 Å². The summed E-state index contributed by atoms with van der Waals surface area (Å²) in [5, 5.41) is 22.0. The number of para-hydroxylation sites is 1. The molecule has 0 unspecified atom stereocenters. The maximum atomic E-state index is 6.45. The second-order valence-electron chi connectivity index (χ2n) is 7.49. The van der Waals surface area contributed by atoms with Gasteiger partial charge in [0.25, 0.3) is 0 Å². The highest BCUT2D eigenvalue weighted by Gasteiger charge is 2.18. The number of allylic oxidation sites excluding steroid dienone is 5. The number of benzene rings is 3. The summed E-state index contributed by atoms with van der Waals surface area (Å²) in [5.74, 6) is 0.379. The summed E-state index contributed by atoms with van der Waals surface area (Å²) >= 11 is 0. The van der Waals surface area contributed by atoms with Crippen molar-refractivity contribution in [2.24, 2.45) is 20.5 Å². The van der Waals surface area contributed by atoms with Crippen LogP contribution in [-0.4, -0.2) is 9.78 Å². The lowest BCUT2D eigenvalue weighted by atomic mass is 10.2. The van der Waals surface area contributed by atoms with Gasteiger partial charge in [0.1, 0.15) is 5.69 Å². The molecule has 0 fully saturated rings. The van der Waals surface area contributed by atoms with Crippen LogP contribution in [0.1, 0.15) is 12.6 Å². The van der Waals surface area contributed by atoms with Crippen molar-refractivity contribution in [2.75, 3.05) is 5.73 Å². The normalized spacial score (nSPS) is 11.9. The van der Waals surface area contributed by atoms with Gasteiger partial charge in [0.15, 0.2) is 11.5 Å². The number of nitrogens with zero attached hydrogens (tertiary/aromatic N) is 6. The second-order valence-corrected chi connectivity index (χ2v) is 7.49. The first-order valence-corrected chi connectivity index (χ1v) is 11.1. The SMILES string of the molecule is C=C(C=CC=CC)c1nn(-c2ccccc2)c(N)c1N=Nc1ccc(N=Nc2ccccc2)cc1.